The monoisotopic (exact) mass is 1040 g/mol. The van der Waals surface area contributed by atoms with Gasteiger partial charge in [-0.3, -0.25) is 0 Å². The number of ether oxygens (including phenoxy) is 4. The molecule has 10 aliphatic rings. The molecule has 0 amide bonds. The fourth-order valence-electron chi connectivity index (χ4n) is 15.4. The van der Waals surface area contributed by atoms with Crippen molar-refractivity contribution in [1.82, 2.24) is 0 Å². The third kappa shape index (κ3) is 7.87. The molecule has 8 bridgehead atoms. The predicted molar refractivity (Wildman–Crippen MR) is 213 cm³/mol. The Balaban J connectivity index is 0.000000188. The van der Waals surface area contributed by atoms with E-state index < -0.39 is 74.5 Å². The molecule has 0 radical (unpaired) electrons. The van der Waals surface area contributed by atoms with Gasteiger partial charge in [-0.2, -0.15) is 52.7 Å². The van der Waals surface area contributed by atoms with Crippen molar-refractivity contribution in [2.45, 2.75) is 201 Å². The second-order valence-electron chi connectivity index (χ2n) is 20.7. The van der Waals surface area contributed by atoms with E-state index in [-0.39, 0.29) is 88.3 Å². The highest BCUT2D eigenvalue weighted by Gasteiger charge is 2.86. The van der Waals surface area contributed by atoms with Crippen LogP contribution in [0.5, 0.6) is 0 Å². The van der Waals surface area contributed by atoms with E-state index in [9.17, 15) is 52.7 Å². The van der Waals surface area contributed by atoms with Gasteiger partial charge in [0.1, 0.15) is 0 Å². The first-order valence-corrected chi connectivity index (χ1v) is 24.1. The molecule has 7 atom stereocenters. The van der Waals surface area contributed by atoms with Crippen molar-refractivity contribution in [3.63, 3.8) is 0 Å². The fourth-order valence-corrected chi connectivity index (χ4v) is 16.8. The number of allylic oxidation sites excluding steroid dienone is 1. The zero-order valence-corrected chi connectivity index (χ0v) is 38.5. The summed E-state index contributed by atoms with van der Waals surface area (Å²) >= 11 is 7.23. The fraction of sp³-hybridized carbons (Fsp3) is 0.955. The van der Waals surface area contributed by atoms with Gasteiger partial charge in [-0.25, -0.2) is 0 Å². The Labute approximate surface area is 373 Å². The molecule has 4 nitrogen and oxygen atoms in total. The first-order valence-electron chi connectivity index (χ1n) is 22.5. The summed E-state index contributed by atoms with van der Waals surface area (Å²) in [6.45, 7) is 8.12. The number of halogens is 14. The number of hydrogen-bond acceptors (Lipinski definition) is 4. The zero-order chi connectivity index (χ0) is 45.6. The highest BCUT2D eigenvalue weighted by atomic mass is 79.9. The SMILES string of the molecule is C=C(Br)C12CC3CC(C1)CC(C(OC1CCCCO1)(C(F)(F)F)C(F)(F)F)(C3)C2.CCCC(Br)(CC)C12CC3CC(C1)CC(C(OC1CCCCO1)(C(F)(F)F)C(F)(F)F)(C3)C2. The molecule has 10 fully saturated rings. The molecule has 8 aliphatic carbocycles. The maximum Gasteiger partial charge on any atom is 0.427 e. The second kappa shape index (κ2) is 16.7. The van der Waals surface area contributed by atoms with E-state index in [1.807, 2.05) is 13.8 Å². The van der Waals surface area contributed by atoms with Crippen LogP contribution in [0.2, 0.25) is 0 Å². The topological polar surface area (TPSA) is 36.9 Å². The Morgan fingerprint density at radius 1 is 0.581 bits per heavy atom. The molecule has 2 aliphatic heterocycles. The third-order valence-electron chi connectivity index (χ3n) is 16.8. The van der Waals surface area contributed by atoms with Crippen LogP contribution in [-0.4, -0.2) is 66.0 Å². The molecule has 0 spiro atoms. The number of rotatable bonds is 11. The van der Waals surface area contributed by atoms with E-state index in [4.69, 9.17) is 18.9 Å². The van der Waals surface area contributed by atoms with Crippen molar-refractivity contribution in [2.24, 2.45) is 45.3 Å². The summed E-state index contributed by atoms with van der Waals surface area (Å²) in [5.41, 5.74) is -13.9. The lowest BCUT2D eigenvalue weighted by molar-refractivity contribution is -0.457. The van der Waals surface area contributed by atoms with Gasteiger partial charge in [0.05, 0.1) is 0 Å². The van der Waals surface area contributed by atoms with E-state index in [2.05, 4.69) is 38.4 Å². The summed E-state index contributed by atoms with van der Waals surface area (Å²) in [6, 6.07) is 0. The van der Waals surface area contributed by atoms with Gasteiger partial charge in [-0.05, 0) is 162 Å². The Morgan fingerprint density at radius 2 is 0.952 bits per heavy atom. The molecule has 2 heterocycles. The molecule has 10 rings (SSSR count). The van der Waals surface area contributed by atoms with Crippen LogP contribution in [0.15, 0.2) is 11.1 Å². The Hall–Kier alpha value is -0.300. The standard InChI is InChI=1S/C24H35BrF6O2.C20H25BrF6O2/c1-3-8-21(25,4-2)19-11-16-10-17(12-19)14-20(13-16,15-19)22(23(26,27)28,24(29,30)31)33-18-7-5-6-9-32-18;1-12(21)16-7-13-6-14(8-16)10-17(9-13,11-16)18(19(22,23)24,20(25,26)27)29-15-4-2-3-5-28-15/h16-18H,3-15H2,1-2H3;13-15H,1-11H2. The average molecular weight is 1040 g/mol. The lowest BCUT2D eigenvalue weighted by atomic mass is 9.38. The van der Waals surface area contributed by atoms with Gasteiger partial charge in [0.25, 0.3) is 11.2 Å². The molecule has 7 unspecified atom stereocenters. The number of hydrogen-bond donors (Lipinski definition) is 0. The smallest absolute Gasteiger partial charge is 0.353 e. The Bertz CT molecular complexity index is 1560. The van der Waals surface area contributed by atoms with Crippen molar-refractivity contribution in [2.75, 3.05) is 13.2 Å². The maximum atomic E-state index is 14.9. The van der Waals surface area contributed by atoms with Gasteiger partial charge in [-0.1, -0.05) is 58.7 Å². The molecule has 0 aromatic heterocycles. The largest absolute Gasteiger partial charge is 0.427 e. The lowest BCUT2D eigenvalue weighted by Crippen LogP contribution is -2.75. The number of alkyl halides is 13. The van der Waals surface area contributed by atoms with E-state index >= 15 is 0 Å². The minimum atomic E-state index is -5.60. The van der Waals surface area contributed by atoms with E-state index in [0.717, 1.165) is 12.8 Å². The molecule has 18 heteroatoms. The van der Waals surface area contributed by atoms with Gasteiger partial charge in [0.2, 0.25) is 0 Å². The van der Waals surface area contributed by atoms with Crippen LogP contribution < -0.4 is 0 Å². The van der Waals surface area contributed by atoms with Crippen LogP contribution >= 0.6 is 31.9 Å². The lowest BCUT2D eigenvalue weighted by Gasteiger charge is -2.70. The summed E-state index contributed by atoms with van der Waals surface area (Å²) in [4.78, 5) is 0. The van der Waals surface area contributed by atoms with Crippen LogP contribution in [0.1, 0.15) is 149 Å². The predicted octanol–water partition coefficient (Wildman–Crippen LogP) is 15.2. The van der Waals surface area contributed by atoms with Crippen LogP contribution in [0.3, 0.4) is 0 Å². The van der Waals surface area contributed by atoms with Gasteiger partial charge < -0.3 is 18.9 Å². The highest BCUT2D eigenvalue weighted by Crippen LogP contribution is 2.78. The van der Waals surface area contributed by atoms with Gasteiger partial charge in [0, 0.05) is 33.8 Å². The normalized spacial score (nSPS) is 39.6. The van der Waals surface area contributed by atoms with Gasteiger partial charge >= 0.3 is 24.7 Å². The van der Waals surface area contributed by atoms with E-state index in [1.165, 1.54) is 0 Å². The minimum Gasteiger partial charge on any atom is -0.353 e. The average Bonchev–Trinajstić information content (AvgIpc) is 3.14. The van der Waals surface area contributed by atoms with Crippen LogP contribution in [0.25, 0.3) is 0 Å². The molecule has 2 saturated heterocycles. The van der Waals surface area contributed by atoms with Crippen molar-refractivity contribution in [1.29, 1.82) is 0 Å². The summed E-state index contributed by atoms with van der Waals surface area (Å²) in [5, 5.41) is 0. The highest BCUT2D eigenvalue weighted by molar-refractivity contribution is 9.11. The molecule has 0 aromatic carbocycles. The van der Waals surface area contributed by atoms with Crippen molar-refractivity contribution >= 4 is 31.9 Å². The van der Waals surface area contributed by atoms with Crippen LogP contribution in [0, 0.1) is 45.3 Å². The first-order chi connectivity index (χ1) is 28.6. The van der Waals surface area contributed by atoms with E-state index in [0.29, 0.717) is 75.1 Å². The molecule has 358 valence electrons. The minimum absolute atomic E-state index is 0.0349. The Kier molecular flexibility index (Phi) is 13.4. The molecule has 8 saturated carbocycles. The van der Waals surface area contributed by atoms with Gasteiger partial charge in [-0.15, -0.1) is 0 Å². The summed E-state index contributed by atoms with van der Waals surface area (Å²) < 4.78 is 197. The molecule has 62 heavy (non-hydrogen) atoms. The maximum absolute atomic E-state index is 14.9. The van der Waals surface area contributed by atoms with E-state index in [1.54, 1.807) is 0 Å². The molecule has 0 N–H and O–H groups in total. The quantitative estimate of drug-likeness (QED) is 0.153. The second-order valence-corrected chi connectivity index (χ2v) is 23.2. The zero-order valence-electron chi connectivity index (χ0n) is 35.4. The summed E-state index contributed by atoms with van der Waals surface area (Å²) in [6.07, 6.45) is -17.7. The van der Waals surface area contributed by atoms with Crippen LogP contribution in [0.4, 0.5) is 52.7 Å². The summed E-state index contributed by atoms with van der Waals surface area (Å²) in [5.74, 6) is -0.672. The summed E-state index contributed by atoms with van der Waals surface area (Å²) in [7, 11) is 0. The Morgan fingerprint density at radius 3 is 1.27 bits per heavy atom. The van der Waals surface area contributed by atoms with Crippen molar-refractivity contribution in [3.8, 4) is 0 Å². The van der Waals surface area contributed by atoms with Crippen molar-refractivity contribution in [3.05, 3.63) is 11.1 Å². The molecular formula is C44H60Br2F12O4. The van der Waals surface area contributed by atoms with Crippen molar-refractivity contribution < 1.29 is 71.6 Å². The van der Waals surface area contributed by atoms with Crippen LogP contribution in [-0.2, 0) is 18.9 Å². The first kappa shape index (κ1) is 49.6. The van der Waals surface area contributed by atoms with Gasteiger partial charge in [0.15, 0.2) is 12.6 Å². The third-order valence-corrected chi connectivity index (χ3v) is 19.5. The molecular weight excluding hydrogens is 980 g/mol. The molecule has 0 aromatic rings.